The largest absolute Gasteiger partial charge is 0.476 e. The van der Waals surface area contributed by atoms with Crippen LogP contribution in [0.25, 0.3) is 0 Å². The fraction of sp³-hybridized carbons (Fsp3) is 0.167. The van der Waals surface area contributed by atoms with Gasteiger partial charge in [-0.3, -0.25) is 9.48 Å². The number of rotatable bonds is 4. The Kier molecular flexibility index (Phi) is 4.44. The van der Waals surface area contributed by atoms with Crippen LogP contribution in [0.5, 0.6) is 0 Å². The van der Waals surface area contributed by atoms with Gasteiger partial charge >= 0.3 is 5.97 Å². The number of carboxylic acid groups (broad SMARTS) is 1. The summed E-state index contributed by atoms with van der Waals surface area (Å²) in [5.41, 5.74) is -0.141. The molecular formula is C12H10Cl2N4O3. The molecule has 2 aromatic heterocycles. The maximum atomic E-state index is 12.1. The third kappa shape index (κ3) is 3.50. The number of carbonyl (C=O) groups is 2. The van der Waals surface area contributed by atoms with E-state index in [4.69, 9.17) is 28.3 Å². The van der Waals surface area contributed by atoms with Crippen LogP contribution in [0.2, 0.25) is 10.0 Å². The molecule has 110 valence electrons. The molecule has 1 amide bonds. The monoisotopic (exact) mass is 328 g/mol. The Morgan fingerprint density at radius 1 is 1.43 bits per heavy atom. The van der Waals surface area contributed by atoms with E-state index in [1.807, 2.05) is 0 Å². The highest BCUT2D eigenvalue weighted by Crippen LogP contribution is 2.23. The van der Waals surface area contributed by atoms with Gasteiger partial charge in [0.05, 0.1) is 10.0 Å². The van der Waals surface area contributed by atoms with Crippen LogP contribution < -0.4 is 5.32 Å². The lowest BCUT2D eigenvalue weighted by molar-refractivity contribution is -0.119. The van der Waals surface area contributed by atoms with Crippen LogP contribution in [0, 0.1) is 0 Å². The second-order valence-electron chi connectivity index (χ2n) is 4.14. The molecule has 0 bridgehead atoms. The molecule has 0 aliphatic rings. The zero-order valence-corrected chi connectivity index (χ0v) is 12.3. The molecule has 2 aromatic rings. The lowest BCUT2D eigenvalue weighted by Gasteiger charge is -2.12. The number of aromatic nitrogens is 3. The smallest absolute Gasteiger partial charge is 0.356 e. The molecule has 21 heavy (non-hydrogen) atoms. The minimum absolute atomic E-state index is 0.141. The Bertz CT molecular complexity index is 702. The molecule has 0 aromatic carbocycles. The second-order valence-corrected chi connectivity index (χ2v) is 4.98. The van der Waals surface area contributed by atoms with Crippen molar-refractivity contribution in [2.75, 3.05) is 5.32 Å². The number of halogens is 2. The van der Waals surface area contributed by atoms with Crippen LogP contribution >= 0.6 is 23.2 Å². The third-order valence-electron chi connectivity index (χ3n) is 2.65. The minimum atomic E-state index is -1.16. The SMILES string of the molecule is CC(C(=O)Nc1ncc(Cl)cc1Cl)n1ccc(C(=O)O)n1. The predicted octanol–water partition coefficient (Wildman–Crippen LogP) is 2.48. The number of hydrogen-bond acceptors (Lipinski definition) is 4. The van der Waals surface area contributed by atoms with Crippen LogP contribution in [0.4, 0.5) is 5.82 Å². The van der Waals surface area contributed by atoms with E-state index in [2.05, 4.69) is 15.4 Å². The van der Waals surface area contributed by atoms with Gasteiger partial charge in [0.1, 0.15) is 6.04 Å². The van der Waals surface area contributed by atoms with E-state index in [1.54, 1.807) is 6.92 Å². The van der Waals surface area contributed by atoms with E-state index in [0.29, 0.717) is 5.02 Å². The van der Waals surface area contributed by atoms with Gasteiger partial charge < -0.3 is 10.4 Å². The molecule has 2 heterocycles. The van der Waals surface area contributed by atoms with Gasteiger partial charge in [-0.1, -0.05) is 23.2 Å². The summed E-state index contributed by atoms with van der Waals surface area (Å²) in [5.74, 6) is -1.43. The third-order valence-corrected chi connectivity index (χ3v) is 3.15. The lowest BCUT2D eigenvalue weighted by Crippen LogP contribution is -2.25. The normalized spacial score (nSPS) is 12.0. The first-order valence-corrected chi connectivity index (χ1v) is 6.54. The molecule has 0 fully saturated rings. The number of aromatic carboxylic acids is 1. The molecule has 0 radical (unpaired) electrons. The number of pyridine rings is 1. The standard InChI is InChI=1S/C12H10Cl2N4O3/c1-6(18-3-2-9(17-18)12(20)21)11(19)16-10-8(14)4-7(13)5-15-10/h2-6H,1H3,(H,20,21)(H,15,16,19). The van der Waals surface area contributed by atoms with Crippen molar-refractivity contribution in [1.82, 2.24) is 14.8 Å². The number of carbonyl (C=O) groups excluding carboxylic acids is 1. The Hall–Kier alpha value is -2.12. The molecule has 2 rings (SSSR count). The fourth-order valence-electron chi connectivity index (χ4n) is 1.52. The highest BCUT2D eigenvalue weighted by molar-refractivity contribution is 6.36. The first-order valence-electron chi connectivity index (χ1n) is 5.79. The average molecular weight is 329 g/mol. The fourth-order valence-corrected chi connectivity index (χ4v) is 1.94. The Morgan fingerprint density at radius 3 is 2.71 bits per heavy atom. The van der Waals surface area contributed by atoms with Gasteiger partial charge in [0.15, 0.2) is 11.5 Å². The van der Waals surface area contributed by atoms with Crippen LogP contribution in [-0.2, 0) is 4.79 Å². The molecule has 7 nitrogen and oxygen atoms in total. The summed E-state index contributed by atoms with van der Waals surface area (Å²) in [6, 6.07) is 2.03. The molecule has 0 aliphatic heterocycles. The zero-order valence-electron chi connectivity index (χ0n) is 10.7. The highest BCUT2D eigenvalue weighted by atomic mass is 35.5. The first-order chi connectivity index (χ1) is 9.88. The predicted molar refractivity (Wildman–Crippen MR) is 76.8 cm³/mol. The summed E-state index contributed by atoms with van der Waals surface area (Å²) in [4.78, 5) is 26.7. The molecule has 9 heteroatoms. The van der Waals surface area contributed by atoms with Gasteiger partial charge in [0.2, 0.25) is 5.91 Å². The Labute approximate surface area is 129 Å². The molecule has 2 N–H and O–H groups in total. The van der Waals surface area contributed by atoms with E-state index in [9.17, 15) is 9.59 Å². The maximum absolute atomic E-state index is 12.1. The summed E-state index contributed by atoms with van der Waals surface area (Å²) in [5, 5.41) is 15.7. The highest BCUT2D eigenvalue weighted by Gasteiger charge is 2.19. The number of carboxylic acids is 1. The number of nitrogens with zero attached hydrogens (tertiary/aromatic N) is 3. The van der Waals surface area contributed by atoms with Crippen LogP contribution in [0.3, 0.4) is 0 Å². The minimum Gasteiger partial charge on any atom is -0.476 e. The summed E-state index contributed by atoms with van der Waals surface area (Å²) >= 11 is 11.6. The second kappa shape index (κ2) is 6.11. The molecule has 0 saturated carbocycles. The summed E-state index contributed by atoms with van der Waals surface area (Å²) in [7, 11) is 0. The van der Waals surface area contributed by atoms with Crippen molar-refractivity contribution in [2.24, 2.45) is 0 Å². The van der Waals surface area contributed by atoms with Gasteiger partial charge in [-0.2, -0.15) is 5.10 Å². The summed E-state index contributed by atoms with van der Waals surface area (Å²) in [6.45, 7) is 1.57. The van der Waals surface area contributed by atoms with Crippen molar-refractivity contribution in [2.45, 2.75) is 13.0 Å². The lowest BCUT2D eigenvalue weighted by atomic mass is 10.3. The van der Waals surface area contributed by atoms with Crippen molar-refractivity contribution in [3.8, 4) is 0 Å². The Morgan fingerprint density at radius 2 is 2.14 bits per heavy atom. The van der Waals surface area contributed by atoms with Crippen LogP contribution in [0.1, 0.15) is 23.5 Å². The van der Waals surface area contributed by atoms with E-state index in [-0.39, 0.29) is 16.5 Å². The maximum Gasteiger partial charge on any atom is 0.356 e. The number of anilines is 1. The van der Waals surface area contributed by atoms with Gasteiger partial charge in [0, 0.05) is 12.4 Å². The van der Waals surface area contributed by atoms with Crippen LogP contribution in [-0.4, -0.2) is 31.7 Å². The first kappa shape index (κ1) is 15.3. The van der Waals surface area contributed by atoms with Crippen molar-refractivity contribution in [3.05, 3.63) is 40.3 Å². The number of amides is 1. The van der Waals surface area contributed by atoms with Gasteiger partial charge in [-0.25, -0.2) is 9.78 Å². The van der Waals surface area contributed by atoms with E-state index in [0.717, 1.165) is 0 Å². The zero-order chi connectivity index (χ0) is 15.6. The van der Waals surface area contributed by atoms with Gasteiger partial charge in [0.25, 0.3) is 0 Å². The quantitative estimate of drug-likeness (QED) is 0.898. The van der Waals surface area contributed by atoms with E-state index >= 15 is 0 Å². The molecular weight excluding hydrogens is 319 g/mol. The van der Waals surface area contributed by atoms with Gasteiger partial charge in [-0.15, -0.1) is 0 Å². The molecule has 1 unspecified atom stereocenters. The van der Waals surface area contributed by atoms with Gasteiger partial charge in [-0.05, 0) is 19.1 Å². The molecule has 1 atom stereocenters. The van der Waals surface area contributed by atoms with E-state index < -0.39 is 17.9 Å². The Balaban J connectivity index is 2.13. The molecule has 0 saturated heterocycles. The van der Waals surface area contributed by atoms with Crippen molar-refractivity contribution >= 4 is 40.9 Å². The van der Waals surface area contributed by atoms with Crippen molar-refractivity contribution < 1.29 is 14.7 Å². The summed E-state index contributed by atoms with van der Waals surface area (Å²) in [6.07, 6.45) is 2.76. The molecule has 0 aliphatic carbocycles. The number of nitrogens with one attached hydrogen (secondary N) is 1. The average Bonchev–Trinajstić information content (AvgIpc) is 2.90. The number of hydrogen-bond donors (Lipinski definition) is 2. The van der Waals surface area contributed by atoms with Crippen molar-refractivity contribution in [3.63, 3.8) is 0 Å². The summed E-state index contributed by atoms with van der Waals surface area (Å²) < 4.78 is 1.24. The molecule has 0 spiro atoms. The van der Waals surface area contributed by atoms with Crippen LogP contribution in [0.15, 0.2) is 24.5 Å². The van der Waals surface area contributed by atoms with E-state index in [1.165, 1.54) is 29.2 Å². The van der Waals surface area contributed by atoms with Crippen molar-refractivity contribution in [1.29, 1.82) is 0 Å². The topological polar surface area (TPSA) is 97.1 Å².